The van der Waals surface area contributed by atoms with Crippen molar-refractivity contribution in [2.45, 2.75) is 5.16 Å². The number of ether oxygens (including phenoxy) is 1. The Morgan fingerprint density at radius 1 is 1.30 bits per heavy atom. The highest BCUT2D eigenvalue weighted by Gasteiger charge is 2.14. The summed E-state index contributed by atoms with van der Waals surface area (Å²) in [6.45, 7) is 0. The van der Waals surface area contributed by atoms with Crippen molar-refractivity contribution in [2.24, 2.45) is 0 Å². The van der Waals surface area contributed by atoms with E-state index >= 15 is 0 Å². The Morgan fingerprint density at radius 3 is 2.89 bits per heavy atom. The number of anilines is 1. The Hall–Kier alpha value is -2.65. The molecule has 0 radical (unpaired) electrons. The molecule has 0 saturated heterocycles. The maximum absolute atomic E-state index is 13.5. The van der Waals surface area contributed by atoms with E-state index in [1.165, 1.54) is 7.11 Å². The highest BCUT2D eigenvalue weighted by atomic mass is 35.5. The average molecular weight is 411 g/mol. The summed E-state index contributed by atoms with van der Waals surface area (Å²) in [5.74, 6) is -0.979. The number of halogens is 3. The number of amides is 1. The predicted octanol–water partition coefficient (Wildman–Crippen LogP) is 4.14. The number of aromatic amines is 1. The first-order valence-corrected chi connectivity index (χ1v) is 8.96. The van der Waals surface area contributed by atoms with Crippen LogP contribution in [0.3, 0.4) is 0 Å². The van der Waals surface area contributed by atoms with Gasteiger partial charge < -0.3 is 10.1 Å². The zero-order valence-electron chi connectivity index (χ0n) is 13.9. The van der Waals surface area contributed by atoms with Crippen LogP contribution in [0.1, 0.15) is 0 Å². The monoisotopic (exact) mass is 410 g/mol. The maximum atomic E-state index is 13.5. The second kappa shape index (κ2) is 8.36. The highest BCUT2D eigenvalue weighted by Crippen LogP contribution is 2.31. The third-order valence-electron chi connectivity index (χ3n) is 3.42. The van der Waals surface area contributed by atoms with Gasteiger partial charge in [0.2, 0.25) is 11.1 Å². The van der Waals surface area contributed by atoms with Gasteiger partial charge in [-0.2, -0.15) is 0 Å². The Kier molecular flexibility index (Phi) is 5.92. The molecule has 10 heteroatoms. The Morgan fingerprint density at radius 2 is 2.11 bits per heavy atom. The van der Waals surface area contributed by atoms with Crippen LogP contribution in [-0.4, -0.2) is 34.0 Å². The number of aromatic nitrogens is 3. The number of carbonyl (C=O) groups is 1. The molecule has 140 valence electrons. The van der Waals surface area contributed by atoms with E-state index in [2.05, 4.69) is 20.5 Å². The van der Waals surface area contributed by atoms with Gasteiger partial charge in [0.1, 0.15) is 17.4 Å². The van der Waals surface area contributed by atoms with Gasteiger partial charge in [-0.1, -0.05) is 23.4 Å². The first-order chi connectivity index (χ1) is 13.0. The molecule has 2 N–H and O–H groups in total. The third-order valence-corrected chi connectivity index (χ3v) is 4.50. The lowest BCUT2D eigenvalue weighted by Crippen LogP contribution is -2.15. The fourth-order valence-corrected chi connectivity index (χ4v) is 2.98. The van der Waals surface area contributed by atoms with E-state index in [9.17, 15) is 13.6 Å². The summed E-state index contributed by atoms with van der Waals surface area (Å²) in [6, 6.07) is 7.89. The SMILES string of the molecule is COc1ccc(Cl)cc1-c1nc(SCC(=O)Nc2cc(F)ccc2F)n[nH]1. The summed E-state index contributed by atoms with van der Waals surface area (Å²) in [4.78, 5) is 16.2. The number of thioether (sulfide) groups is 1. The van der Waals surface area contributed by atoms with Gasteiger partial charge in [0, 0.05) is 11.1 Å². The molecule has 1 aromatic heterocycles. The van der Waals surface area contributed by atoms with Crippen molar-refractivity contribution in [3.05, 3.63) is 53.1 Å². The molecule has 3 rings (SSSR count). The van der Waals surface area contributed by atoms with E-state index < -0.39 is 17.5 Å². The Labute approximate surface area is 162 Å². The summed E-state index contributed by atoms with van der Waals surface area (Å²) < 4.78 is 31.9. The van der Waals surface area contributed by atoms with E-state index in [4.69, 9.17) is 16.3 Å². The summed E-state index contributed by atoms with van der Waals surface area (Å²) in [5.41, 5.74) is 0.399. The molecule has 0 fully saturated rings. The van der Waals surface area contributed by atoms with Crippen LogP contribution in [0.4, 0.5) is 14.5 Å². The van der Waals surface area contributed by atoms with Gasteiger partial charge in [-0.05, 0) is 30.3 Å². The van der Waals surface area contributed by atoms with Crippen molar-refractivity contribution >= 4 is 35.0 Å². The lowest BCUT2D eigenvalue weighted by molar-refractivity contribution is -0.113. The molecule has 1 heterocycles. The number of methoxy groups -OCH3 is 1. The number of H-pyrrole nitrogens is 1. The first-order valence-electron chi connectivity index (χ1n) is 7.60. The minimum atomic E-state index is -0.719. The number of nitrogens with one attached hydrogen (secondary N) is 2. The van der Waals surface area contributed by atoms with Crippen LogP contribution >= 0.6 is 23.4 Å². The van der Waals surface area contributed by atoms with Gasteiger partial charge in [-0.3, -0.25) is 9.89 Å². The van der Waals surface area contributed by atoms with E-state index in [1.54, 1.807) is 18.2 Å². The van der Waals surface area contributed by atoms with Gasteiger partial charge in [0.05, 0.1) is 24.1 Å². The largest absolute Gasteiger partial charge is 0.496 e. The summed E-state index contributed by atoms with van der Waals surface area (Å²) in [5, 5.41) is 9.90. The third kappa shape index (κ3) is 4.75. The Balaban J connectivity index is 1.65. The molecule has 6 nitrogen and oxygen atoms in total. The number of carbonyl (C=O) groups excluding carboxylic acids is 1. The number of rotatable bonds is 6. The quantitative estimate of drug-likeness (QED) is 0.597. The molecule has 1 amide bonds. The van der Waals surface area contributed by atoms with Crippen LogP contribution in [0.2, 0.25) is 5.02 Å². The second-order valence-electron chi connectivity index (χ2n) is 5.27. The molecule has 0 saturated carbocycles. The van der Waals surface area contributed by atoms with E-state index in [0.717, 1.165) is 30.0 Å². The molecule has 2 aromatic carbocycles. The molecule has 0 bridgehead atoms. The number of hydrogen-bond acceptors (Lipinski definition) is 5. The predicted molar refractivity (Wildman–Crippen MR) is 99.1 cm³/mol. The van der Waals surface area contributed by atoms with Crippen molar-refractivity contribution in [1.29, 1.82) is 0 Å². The van der Waals surface area contributed by atoms with Crippen LogP contribution in [0, 0.1) is 11.6 Å². The molecule has 0 atom stereocenters. The van der Waals surface area contributed by atoms with E-state index in [1.807, 2.05) is 0 Å². The molecule has 0 unspecified atom stereocenters. The van der Waals surface area contributed by atoms with Gasteiger partial charge in [0.15, 0.2) is 5.82 Å². The van der Waals surface area contributed by atoms with Crippen LogP contribution in [0.15, 0.2) is 41.6 Å². The van der Waals surface area contributed by atoms with Gasteiger partial charge in [0.25, 0.3) is 0 Å². The molecular weight excluding hydrogens is 398 g/mol. The van der Waals surface area contributed by atoms with E-state index in [-0.39, 0.29) is 11.4 Å². The van der Waals surface area contributed by atoms with Crippen molar-refractivity contribution in [3.8, 4) is 17.1 Å². The molecule has 0 aliphatic carbocycles. The molecule has 0 aliphatic heterocycles. The minimum Gasteiger partial charge on any atom is -0.496 e. The fraction of sp³-hybridized carbons (Fsp3) is 0.118. The van der Waals surface area contributed by atoms with Gasteiger partial charge in [-0.15, -0.1) is 5.10 Å². The Bertz CT molecular complexity index is 983. The van der Waals surface area contributed by atoms with E-state index in [0.29, 0.717) is 27.3 Å². The fourth-order valence-electron chi connectivity index (χ4n) is 2.21. The summed E-state index contributed by atoms with van der Waals surface area (Å²) >= 11 is 7.04. The highest BCUT2D eigenvalue weighted by molar-refractivity contribution is 7.99. The van der Waals surface area contributed by atoms with Gasteiger partial charge >= 0.3 is 0 Å². The standard InChI is InChI=1S/C17H13ClF2N4O2S/c1-26-14-5-2-9(18)6-11(14)16-22-17(24-23-16)27-8-15(25)21-13-7-10(19)3-4-12(13)20/h2-7H,8H2,1H3,(H,21,25)(H,22,23,24). The van der Waals surface area contributed by atoms with Crippen molar-refractivity contribution in [3.63, 3.8) is 0 Å². The maximum Gasteiger partial charge on any atom is 0.234 e. The van der Waals surface area contributed by atoms with Crippen molar-refractivity contribution < 1.29 is 18.3 Å². The zero-order valence-corrected chi connectivity index (χ0v) is 15.5. The molecule has 0 spiro atoms. The van der Waals surface area contributed by atoms with Gasteiger partial charge in [-0.25, -0.2) is 13.8 Å². The molecule has 3 aromatic rings. The van der Waals surface area contributed by atoms with Crippen LogP contribution in [0.25, 0.3) is 11.4 Å². The molecule has 27 heavy (non-hydrogen) atoms. The average Bonchev–Trinajstić information content (AvgIpc) is 3.12. The minimum absolute atomic E-state index is 0.0834. The number of nitrogens with zero attached hydrogens (tertiary/aromatic N) is 2. The van der Waals surface area contributed by atoms with Crippen molar-refractivity contribution in [1.82, 2.24) is 15.2 Å². The second-order valence-corrected chi connectivity index (χ2v) is 6.65. The topological polar surface area (TPSA) is 79.9 Å². The first kappa shape index (κ1) is 19.1. The lowest BCUT2D eigenvalue weighted by atomic mass is 10.2. The smallest absolute Gasteiger partial charge is 0.234 e. The van der Waals surface area contributed by atoms with Crippen LogP contribution < -0.4 is 10.1 Å². The number of benzene rings is 2. The number of hydrogen-bond donors (Lipinski definition) is 2. The lowest BCUT2D eigenvalue weighted by Gasteiger charge is -2.06. The summed E-state index contributed by atoms with van der Waals surface area (Å²) in [6.07, 6.45) is 0. The molecular formula is C17H13ClF2N4O2S. The van der Waals surface area contributed by atoms with Crippen molar-refractivity contribution in [2.75, 3.05) is 18.2 Å². The normalized spacial score (nSPS) is 10.7. The zero-order chi connectivity index (χ0) is 19.4. The van der Waals surface area contributed by atoms with Crippen LogP contribution in [-0.2, 0) is 4.79 Å². The van der Waals surface area contributed by atoms with Crippen LogP contribution in [0.5, 0.6) is 5.75 Å². The summed E-state index contributed by atoms with van der Waals surface area (Å²) in [7, 11) is 1.52. The molecule has 0 aliphatic rings.